The molecule has 2 rings (SSSR count). The van der Waals surface area contributed by atoms with E-state index in [9.17, 15) is 0 Å². The van der Waals surface area contributed by atoms with Crippen LogP contribution in [0.3, 0.4) is 0 Å². The van der Waals surface area contributed by atoms with Gasteiger partial charge in [0.2, 0.25) is 0 Å². The lowest BCUT2D eigenvalue weighted by Crippen LogP contribution is -2.31. The average molecular weight is 285 g/mol. The van der Waals surface area contributed by atoms with E-state index in [1.807, 2.05) is 25.1 Å². The third-order valence-corrected chi connectivity index (χ3v) is 3.27. The van der Waals surface area contributed by atoms with Gasteiger partial charge < -0.3 is 10.6 Å². The standard InChI is InChI=1S/C16H19N3S/c1-11-7-9-14(10-8-11)13(3)18-16(20)19-15-6-4-5-12(2)17-15/h4-10,13H,1-3H3,(H2,17,18,19,20)/t13-/m0/s1. The molecule has 1 atom stereocenters. The predicted molar refractivity (Wildman–Crippen MR) is 87.9 cm³/mol. The Morgan fingerprint density at radius 2 is 1.80 bits per heavy atom. The minimum absolute atomic E-state index is 0.153. The van der Waals surface area contributed by atoms with Crippen molar-refractivity contribution in [1.29, 1.82) is 0 Å². The third-order valence-electron chi connectivity index (χ3n) is 3.05. The van der Waals surface area contributed by atoms with Gasteiger partial charge in [-0.05, 0) is 50.7 Å². The first kappa shape index (κ1) is 14.5. The summed E-state index contributed by atoms with van der Waals surface area (Å²) >= 11 is 5.32. The molecular weight excluding hydrogens is 266 g/mol. The van der Waals surface area contributed by atoms with E-state index in [0.29, 0.717) is 5.11 Å². The fraction of sp³-hybridized carbons (Fsp3) is 0.250. The molecule has 0 saturated heterocycles. The topological polar surface area (TPSA) is 37.0 Å². The number of nitrogens with one attached hydrogen (secondary N) is 2. The van der Waals surface area contributed by atoms with Crippen LogP contribution < -0.4 is 10.6 Å². The Morgan fingerprint density at radius 1 is 1.10 bits per heavy atom. The normalized spacial score (nSPS) is 11.8. The number of aromatic nitrogens is 1. The number of aryl methyl sites for hydroxylation is 2. The number of anilines is 1. The summed E-state index contributed by atoms with van der Waals surface area (Å²) in [6.45, 7) is 6.12. The van der Waals surface area contributed by atoms with E-state index >= 15 is 0 Å². The Hall–Kier alpha value is -1.94. The van der Waals surface area contributed by atoms with Crippen molar-refractivity contribution < 1.29 is 0 Å². The third kappa shape index (κ3) is 4.03. The van der Waals surface area contributed by atoms with Gasteiger partial charge in [0.05, 0.1) is 6.04 Å². The van der Waals surface area contributed by atoms with Gasteiger partial charge in [-0.2, -0.15) is 0 Å². The van der Waals surface area contributed by atoms with Crippen LogP contribution in [0.15, 0.2) is 42.5 Å². The van der Waals surface area contributed by atoms with Crippen LogP contribution in [-0.2, 0) is 0 Å². The summed E-state index contributed by atoms with van der Waals surface area (Å²) in [5.41, 5.74) is 3.42. The Balaban J connectivity index is 1.95. The second-order valence-corrected chi connectivity index (χ2v) is 5.30. The molecule has 4 heteroatoms. The van der Waals surface area contributed by atoms with E-state index in [0.717, 1.165) is 11.5 Å². The van der Waals surface area contributed by atoms with Gasteiger partial charge in [0, 0.05) is 5.69 Å². The lowest BCUT2D eigenvalue weighted by Gasteiger charge is -2.17. The molecule has 0 aliphatic rings. The molecule has 0 aliphatic carbocycles. The first-order chi connectivity index (χ1) is 9.54. The summed E-state index contributed by atoms with van der Waals surface area (Å²) in [6, 6.07) is 14.4. The van der Waals surface area contributed by atoms with Gasteiger partial charge in [0.15, 0.2) is 5.11 Å². The molecule has 2 N–H and O–H groups in total. The quantitative estimate of drug-likeness (QED) is 0.842. The lowest BCUT2D eigenvalue weighted by atomic mass is 10.1. The highest BCUT2D eigenvalue weighted by Crippen LogP contribution is 2.13. The fourth-order valence-corrected chi connectivity index (χ4v) is 2.18. The predicted octanol–water partition coefficient (Wildman–Crippen LogP) is 3.75. The molecule has 0 amide bonds. The van der Waals surface area contributed by atoms with Gasteiger partial charge in [0.1, 0.15) is 5.82 Å². The number of benzene rings is 1. The van der Waals surface area contributed by atoms with E-state index in [1.165, 1.54) is 11.1 Å². The van der Waals surface area contributed by atoms with Crippen LogP contribution in [0.4, 0.5) is 5.82 Å². The summed E-state index contributed by atoms with van der Waals surface area (Å²) < 4.78 is 0. The zero-order valence-corrected chi connectivity index (χ0v) is 12.8. The van der Waals surface area contributed by atoms with Crippen LogP contribution in [0.5, 0.6) is 0 Å². The zero-order valence-electron chi connectivity index (χ0n) is 12.0. The molecule has 1 aromatic heterocycles. The maximum Gasteiger partial charge on any atom is 0.172 e. The van der Waals surface area contributed by atoms with Crippen molar-refractivity contribution in [3.05, 3.63) is 59.3 Å². The van der Waals surface area contributed by atoms with E-state index < -0.39 is 0 Å². The van der Waals surface area contributed by atoms with E-state index in [-0.39, 0.29) is 6.04 Å². The second-order valence-electron chi connectivity index (χ2n) is 4.90. The molecule has 0 aliphatic heterocycles. The summed E-state index contributed by atoms with van der Waals surface area (Å²) in [5.74, 6) is 0.763. The van der Waals surface area contributed by atoms with Gasteiger partial charge >= 0.3 is 0 Å². The second kappa shape index (κ2) is 6.48. The van der Waals surface area contributed by atoms with E-state index in [1.54, 1.807) is 0 Å². The smallest absolute Gasteiger partial charge is 0.172 e. The molecule has 1 aromatic carbocycles. The minimum atomic E-state index is 0.153. The highest BCUT2D eigenvalue weighted by atomic mass is 32.1. The van der Waals surface area contributed by atoms with Crippen LogP contribution in [-0.4, -0.2) is 10.1 Å². The molecule has 0 bridgehead atoms. The van der Waals surface area contributed by atoms with Crippen molar-refractivity contribution in [3.63, 3.8) is 0 Å². The number of thiocarbonyl (C=S) groups is 1. The first-order valence-electron chi connectivity index (χ1n) is 6.62. The van der Waals surface area contributed by atoms with Gasteiger partial charge in [-0.25, -0.2) is 4.98 Å². The molecule has 0 spiro atoms. The Labute approximate surface area is 125 Å². The van der Waals surface area contributed by atoms with E-state index in [2.05, 4.69) is 53.7 Å². The number of rotatable bonds is 3. The highest BCUT2D eigenvalue weighted by molar-refractivity contribution is 7.80. The molecule has 0 fully saturated rings. The molecule has 3 nitrogen and oxygen atoms in total. The molecular formula is C16H19N3S. The zero-order chi connectivity index (χ0) is 14.5. The van der Waals surface area contributed by atoms with Crippen molar-refractivity contribution in [3.8, 4) is 0 Å². The first-order valence-corrected chi connectivity index (χ1v) is 7.03. The highest BCUT2D eigenvalue weighted by Gasteiger charge is 2.07. The molecule has 1 heterocycles. The lowest BCUT2D eigenvalue weighted by molar-refractivity contribution is 0.722. The molecule has 0 saturated carbocycles. The number of hydrogen-bond donors (Lipinski definition) is 2. The molecule has 104 valence electrons. The van der Waals surface area contributed by atoms with Gasteiger partial charge in [-0.3, -0.25) is 0 Å². The maximum atomic E-state index is 5.32. The van der Waals surface area contributed by atoms with Crippen LogP contribution in [0.1, 0.15) is 29.8 Å². The number of hydrogen-bond acceptors (Lipinski definition) is 2. The summed E-state index contributed by atoms with van der Waals surface area (Å²) in [6.07, 6.45) is 0. The van der Waals surface area contributed by atoms with Crippen LogP contribution in [0.25, 0.3) is 0 Å². The molecule has 2 aromatic rings. The average Bonchev–Trinajstić information content (AvgIpc) is 2.39. The number of pyridine rings is 1. The minimum Gasteiger partial charge on any atom is -0.356 e. The SMILES string of the molecule is Cc1ccc([C@H](C)NC(=S)Nc2cccc(C)n2)cc1. The van der Waals surface area contributed by atoms with Crippen molar-refractivity contribution in [2.75, 3.05) is 5.32 Å². The van der Waals surface area contributed by atoms with Crippen molar-refractivity contribution in [2.24, 2.45) is 0 Å². The van der Waals surface area contributed by atoms with Crippen molar-refractivity contribution in [2.45, 2.75) is 26.8 Å². The summed E-state index contributed by atoms with van der Waals surface area (Å²) in [5, 5.41) is 6.95. The van der Waals surface area contributed by atoms with E-state index in [4.69, 9.17) is 12.2 Å². The largest absolute Gasteiger partial charge is 0.356 e. The van der Waals surface area contributed by atoms with Crippen LogP contribution in [0.2, 0.25) is 0 Å². The van der Waals surface area contributed by atoms with Crippen molar-refractivity contribution in [1.82, 2.24) is 10.3 Å². The summed E-state index contributed by atoms with van der Waals surface area (Å²) in [4.78, 5) is 4.37. The van der Waals surface area contributed by atoms with Crippen molar-refractivity contribution >= 4 is 23.1 Å². The van der Waals surface area contributed by atoms with Crippen LogP contribution >= 0.6 is 12.2 Å². The van der Waals surface area contributed by atoms with Gasteiger partial charge in [0.25, 0.3) is 0 Å². The summed E-state index contributed by atoms with van der Waals surface area (Å²) in [7, 11) is 0. The van der Waals surface area contributed by atoms with Gasteiger partial charge in [-0.1, -0.05) is 35.9 Å². The van der Waals surface area contributed by atoms with Gasteiger partial charge in [-0.15, -0.1) is 0 Å². The molecule has 20 heavy (non-hydrogen) atoms. The Bertz CT molecular complexity index is 593. The Kier molecular flexibility index (Phi) is 4.69. The fourth-order valence-electron chi connectivity index (χ4n) is 1.90. The maximum absolute atomic E-state index is 5.32. The molecule has 0 unspecified atom stereocenters. The number of nitrogens with zero attached hydrogens (tertiary/aromatic N) is 1. The Morgan fingerprint density at radius 3 is 2.45 bits per heavy atom. The molecule has 0 radical (unpaired) electrons. The van der Waals surface area contributed by atoms with Crippen LogP contribution in [0, 0.1) is 13.8 Å². The monoisotopic (exact) mass is 285 g/mol.